The number of imide groups is 2. The molecule has 14 nitrogen and oxygen atoms in total. The number of nitrogens with one attached hydrogen (secondary N) is 2. The summed E-state index contributed by atoms with van der Waals surface area (Å²) in [5, 5.41) is 22.0. The van der Waals surface area contributed by atoms with E-state index in [9.17, 15) is 48.6 Å². The van der Waals surface area contributed by atoms with E-state index in [0.29, 0.717) is 4.90 Å². The first-order valence-corrected chi connectivity index (χ1v) is 7.65. The fraction of sp³-hybridized carbons (Fsp3) is 0.429. The number of carbonyl (C=O) groups excluding carboxylic acids is 6. The van der Waals surface area contributed by atoms with E-state index in [0.717, 1.165) is 7.05 Å². The van der Waals surface area contributed by atoms with Gasteiger partial charge in [-0.15, -0.1) is 0 Å². The molecule has 4 N–H and O–H groups in total. The van der Waals surface area contributed by atoms with Crippen molar-refractivity contribution < 1.29 is 48.6 Å². The van der Waals surface area contributed by atoms with E-state index in [1.165, 1.54) is 6.92 Å². The Morgan fingerprint density at radius 3 is 1.71 bits per heavy atom. The molecule has 14 heteroatoms. The first-order valence-electron chi connectivity index (χ1n) is 7.65. The molecule has 0 atom stereocenters. The van der Waals surface area contributed by atoms with Crippen molar-refractivity contribution in [1.82, 2.24) is 20.4 Å². The minimum absolute atomic E-state index is 0.183. The number of hydrogen-bond donors (Lipinski definition) is 4. The number of carbonyl (C=O) groups is 8. The summed E-state index contributed by atoms with van der Waals surface area (Å²) in [6.07, 6.45) is 0. The van der Waals surface area contributed by atoms with Gasteiger partial charge in [0.1, 0.15) is 6.67 Å². The molecule has 0 bridgehead atoms. The molecule has 2 saturated heterocycles. The summed E-state index contributed by atoms with van der Waals surface area (Å²) >= 11 is 0. The highest BCUT2D eigenvalue weighted by atomic mass is 16.4. The van der Waals surface area contributed by atoms with E-state index in [4.69, 9.17) is 0 Å². The Kier molecular flexibility index (Phi) is 4.68. The highest BCUT2D eigenvalue weighted by molar-refractivity contribution is 6.52. The summed E-state index contributed by atoms with van der Waals surface area (Å²) in [6, 6.07) is 0. The van der Waals surface area contributed by atoms with Crippen molar-refractivity contribution in [1.29, 1.82) is 0 Å². The number of likely N-dealkylation sites (tertiary alicyclic amines) is 2. The molecule has 150 valence electrons. The van der Waals surface area contributed by atoms with Crippen LogP contribution in [0.4, 0.5) is 0 Å². The number of hydrogen-bond acceptors (Lipinski definition) is 8. The van der Waals surface area contributed by atoms with Crippen LogP contribution in [0.5, 0.6) is 0 Å². The summed E-state index contributed by atoms with van der Waals surface area (Å²) in [4.78, 5) is 95.4. The van der Waals surface area contributed by atoms with Crippen LogP contribution in [0.2, 0.25) is 0 Å². The predicted molar refractivity (Wildman–Crippen MR) is 81.5 cm³/mol. The second kappa shape index (κ2) is 6.40. The second-order valence-electron chi connectivity index (χ2n) is 5.84. The smallest absolute Gasteiger partial charge is 0.340 e. The van der Waals surface area contributed by atoms with Gasteiger partial charge in [-0.05, 0) is 6.92 Å². The maximum Gasteiger partial charge on any atom is 0.340 e. The van der Waals surface area contributed by atoms with E-state index in [2.05, 4.69) is 0 Å². The zero-order valence-electron chi connectivity index (χ0n) is 14.5. The van der Waals surface area contributed by atoms with E-state index in [-0.39, 0.29) is 11.4 Å². The molecule has 0 saturated carbocycles. The van der Waals surface area contributed by atoms with Crippen molar-refractivity contribution in [3.05, 3.63) is 0 Å². The number of rotatable bonds is 7. The zero-order valence-corrected chi connectivity index (χ0v) is 14.5. The normalized spacial score (nSPS) is 17.8. The van der Waals surface area contributed by atoms with Gasteiger partial charge in [0.2, 0.25) is 0 Å². The van der Waals surface area contributed by atoms with Crippen molar-refractivity contribution in [3.63, 3.8) is 0 Å². The van der Waals surface area contributed by atoms with Crippen molar-refractivity contribution >= 4 is 47.4 Å². The van der Waals surface area contributed by atoms with Crippen LogP contribution in [0.15, 0.2) is 0 Å². The molecule has 0 aromatic rings. The molecule has 0 aliphatic carbocycles. The van der Waals surface area contributed by atoms with Crippen molar-refractivity contribution in [2.75, 3.05) is 20.3 Å². The van der Waals surface area contributed by atoms with Crippen LogP contribution in [0.3, 0.4) is 0 Å². The SMILES string of the molecule is CCNC(=O)C(C(=O)O)(C(=O)O)C(=O)NCN1C(=O)C2(C(=O)N(C)C2=O)C1=O. The molecular weight excluding hydrogens is 384 g/mol. The molecule has 0 aromatic carbocycles. The predicted octanol–water partition coefficient (Wildman–Crippen LogP) is -4.29. The average Bonchev–Trinajstić information content (AvgIpc) is 2.61. The van der Waals surface area contributed by atoms with Crippen LogP contribution in [0.1, 0.15) is 6.92 Å². The van der Waals surface area contributed by atoms with Crippen molar-refractivity contribution in [3.8, 4) is 0 Å². The molecule has 2 rings (SSSR count). The highest BCUT2D eigenvalue weighted by Crippen LogP contribution is 2.43. The number of carboxylic acid groups (broad SMARTS) is 2. The molecule has 2 heterocycles. The lowest BCUT2D eigenvalue weighted by Gasteiger charge is -2.51. The maximum atomic E-state index is 12.2. The molecule has 0 unspecified atom stereocenters. The van der Waals surface area contributed by atoms with Crippen LogP contribution in [-0.4, -0.2) is 87.7 Å². The third-order valence-corrected chi connectivity index (χ3v) is 4.44. The monoisotopic (exact) mass is 398 g/mol. The number of β-lactam (4-membered cyclic amide) rings is 4. The molecule has 2 aliphatic rings. The Morgan fingerprint density at radius 1 is 0.893 bits per heavy atom. The number of nitrogens with zero attached hydrogens (tertiary/aromatic N) is 2. The van der Waals surface area contributed by atoms with Gasteiger partial charge in [0, 0.05) is 13.6 Å². The average molecular weight is 398 g/mol. The topological polar surface area (TPSA) is 208 Å². The summed E-state index contributed by atoms with van der Waals surface area (Å²) in [6.45, 7) is 0.132. The quantitative estimate of drug-likeness (QED) is 0.239. The largest absolute Gasteiger partial charge is 0.480 e. The summed E-state index contributed by atoms with van der Waals surface area (Å²) in [7, 11) is 1.06. The fourth-order valence-corrected chi connectivity index (χ4v) is 2.84. The Hall–Kier alpha value is -3.84. The molecule has 0 aromatic heterocycles. The minimum Gasteiger partial charge on any atom is -0.480 e. The Balaban J connectivity index is 2.20. The highest BCUT2D eigenvalue weighted by Gasteiger charge is 2.79. The summed E-state index contributed by atoms with van der Waals surface area (Å²) in [5.41, 5.74) is -6.08. The van der Waals surface area contributed by atoms with Crippen molar-refractivity contribution in [2.45, 2.75) is 6.92 Å². The Bertz CT molecular complexity index is 814. The minimum atomic E-state index is -3.58. The molecule has 2 aliphatic heterocycles. The Labute approximate surface area is 155 Å². The third-order valence-electron chi connectivity index (χ3n) is 4.44. The van der Waals surface area contributed by atoms with Crippen LogP contribution in [0, 0.1) is 10.8 Å². The molecule has 28 heavy (non-hydrogen) atoms. The molecule has 0 radical (unpaired) electrons. The summed E-state index contributed by atoms with van der Waals surface area (Å²) < 4.78 is 0. The lowest BCUT2D eigenvalue weighted by atomic mass is 9.69. The van der Waals surface area contributed by atoms with Gasteiger partial charge in [0.05, 0.1) is 0 Å². The third kappa shape index (κ3) is 2.14. The van der Waals surface area contributed by atoms with Gasteiger partial charge in [0.25, 0.3) is 40.9 Å². The van der Waals surface area contributed by atoms with Gasteiger partial charge >= 0.3 is 17.4 Å². The zero-order chi connectivity index (χ0) is 21.6. The molecular formula is C14H14N4O10. The van der Waals surface area contributed by atoms with Crippen LogP contribution < -0.4 is 10.6 Å². The summed E-state index contributed by atoms with van der Waals surface area (Å²) in [5.74, 6) is -12.7. The van der Waals surface area contributed by atoms with Gasteiger partial charge in [-0.2, -0.15) is 0 Å². The lowest BCUT2D eigenvalue weighted by Crippen LogP contribution is -2.84. The van der Waals surface area contributed by atoms with Gasteiger partial charge in [-0.3, -0.25) is 38.6 Å². The second-order valence-corrected chi connectivity index (χ2v) is 5.84. The van der Waals surface area contributed by atoms with E-state index in [1.807, 2.05) is 5.32 Å². The van der Waals surface area contributed by atoms with Crippen molar-refractivity contribution in [2.24, 2.45) is 10.8 Å². The van der Waals surface area contributed by atoms with Gasteiger partial charge in [-0.1, -0.05) is 0 Å². The van der Waals surface area contributed by atoms with E-state index >= 15 is 0 Å². The number of amides is 6. The van der Waals surface area contributed by atoms with E-state index in [1.54, 1.807) is 5.32 Å². The Morgan fingerprint density at radius 2 is 1.32 bits per heavy atom. The fourth-order valence-electron chi connectivity index (χ4n) is 2.84. The number of aliphatic carboxylic acids is 2. The van der Waals surface area contributed by atoms with Crippen LogP contribution in [0.25, 0.3) is 0 Å². The van der Waals surface area contributed by atoms with E-state index < -0.39 is 64.9 Å². The van der Waals surface area contributed by atoms with Gasteiger partial charge in [0.15, 0.2) is 0 Å². The first-order chi connectivity index (χ1) is 12.9. The van der Waals surface area contributed by atoms with Crippen LogP contribution in [-0.2, 0) is 38.4 Å². The molecule has 1 spiro atoms. The van der Waals surface area contributed by atoms with Gasteiger partial charge in [-0.25, -0.2) is 9.59 Å². The maximum absolute atomic E-state index is 12.2. The number of carboxylic acids is 2. The van der Waals surface area contributed by atoms with Gasteiger partial charge < -0.3 is 20.8 Å². The standard InChI is InChI=1S/C14H14N4O10/c1-3-15-5(19)13(11(25)26,12(27)28)6(20)16-4-18-9(23)14(10(18)24)7(21)17(2)8(14)22/h3-4H2,1-2H3,(H,15,19)(H,16,20)(H,25,26)(H,27,28). The molecule has 2 fully saturated rings. The lowest BCUT2D eigenvalue weighted by molar-refractivity contribution is -0.198. The van der Waals surface area contributed by atoms with Crippen LogP contribution >= 0.6 is 0 Å². The molecule has 6 amide bonds. The first kappa shape index (κ1) is 20.5.